The van der Waals surface area contributed by atoms with Gasteiger partial charge in [-0.3, -0.25) is 0 Å². The van der Waals surface area contributed by atoms with Gasteiger partial charge in [-0.1, -0.05) is 11.6 Å². The van der Waals surface area contributed by atoms with Gasteiger partial charge in [0.15, 0.2) is 0 Å². The topological polar surface area (TPSA) is 75.3 Å². The molecule has 0 atom stereocenters. The fourth-order valence-corrected chi connectivity index (χ4v) is 2.62. The van der Waals surface area contributed by atoms with E-state index in [0.717, 1.165) is 18.2 Å². The van der Waals surface area contributed by atoms with E-state index in [1.54, 1.807) is 0 Å². The van der Waals surface area contributed by atoms with Crippen LogP contribution in [-0.4, -0.2) is 11.1 Å². The number of aromatic carboxylic acids is 1. The smallest absolute Gasteiger partial charge is 0.340 e. The van der Waals surface area contributed by atoms with Crippen LogP contribution in [-0.2, 0) is 0 Å². The number of rotatable bonds is 3. The average Bonchev–Trinajstić information content (AvgIpc) is 2.37. The van der Waals surface area contributed by atoms with Gasteiger partial charge in [-0.05, 0) is 40.2 Å². The first-order chi connectivity index (χ1) is 9.81. The minimum atomic E-state index is -1.40. The van der Waals surface area contributed by atoms with Crippen LogP contribution in [0.4, 0.5) is 25.8 Å². The molecule has 2 aromatic rings. The van der Waals surface area contributed by atoms with Crippen molar-refractivity contribution in [3.05, 3.63) is 51.0 Å². The number of nitrogens with one attached hydrogen (secondary N) is 1. The third kappa shape index (κ3) is 3.08. The van der Waals surface area contributed by atoms with E-state index in [1.807, 2.05) is 0 Å². The van der Waals surface area contributed by atoms with E-state index in [9.17, 15) is 13.6 Å². The molecule has 0 saturated carbocycles. The Bertz CT molecular complexity index is 717. The van der Waals surface area contributed by atoms with Crippen molar-refractivity contribution in [2.24, 2.45) is 0 Å². The molecule has 110 valence electrons. The lowest BCUT2D eigenvalue weighted by atomic mass is 10.1. The predicted octanol–water partition coefficient (Wildman–Crippen LogP) is 4.40. The van der Waals surface area contributed by atoms with E-state index >= 15 is 0 Å². The minimum Gasteiger partial charge on any atom is -0.478 e. The molecule has 0 aliphatic rings. The summed E-state index contributed by atoms with van der Waals surface area (Å²) >= 11 is 9.01. The zero-order chi connectivity index (χ0) is 15.7. The summed E-state index contributed by atoms with van der Waals surface area (Å²) in [5, 5.41) is 11.9. The van der Waals surface area contributed by atoms with Gasteiger partial charge in [0.05, 0.1) is 22.1 Å². The molecule has 4 nitrogen and oxygen atoms in total. The van der Waals surface area contributed by atoms with E-state index in [2.05, 4.69) is 21.2 Å². The Morgan fingerprint density at radius 3 is 2.57 bits per heavy atom. The van der Waals surface area contributed by atoms with Crippen LogP contribution in [0.15, 0.2) is 28.7 Å². The maximum absolute atomic E-state index is 13.4. The summed E-state index contributed by atoms with van der Waals surface area (Å²) in [5.74, 6) is -2.81. The lowest BCUT2D eigenvalue weighted by Gasteiger charge is -2.14. The summed E-state index contributed by atoms with van der Waals surface area (Å²) in [6.07, 6.45) is 0. The van der Waals surface area contributed by atoms with Crippen LogP contribution in [0.25, 0.3) is 0 Å². The van der Waals surface area contributed by atoms with Crippen molar-refractivity contribution in [2.75, 3.05) is 11.1 Å². The summed E-state index contributed by atoms with van der Waals surface area (Å²) in [6, 6.07) is 4.44. The Hall–Kier alpha value is -1.86. The molecule has 0 heterocycles. The number of nitrogens with two attached hydrogens (primary N) is 1. The van der Waals surface area contributed by atoms with Crippen molar-refractivity contribution in [1.29, 1.82) is 0 Å². The monoisotopic (exact) mass is 376 g/mol. The highest BCUT2D eigenvalue weighted by Gasteiger charge is 2.19. The zero-order valence-electron chi connectivity index (χ0n) is 10.3. The molecule has 0 bridgehead atoms. The van der Waals surface area contributed by atoms with E-state index in [4.69, 9.17) is 22.4 Å². The van der Waals surface area contributed by atoms with Crippen LogP contribution in [0.1, 0.15) is 10.4 Å². The Morgan fingerprint density at radius 2 is 2.00 bits per heavy atom. The largest absolute Gasteiger partial charge is 0.478 e. The van der Waals surface area contributed by atoms with Crippen LogP contribution < -0.4 is 11.1 Å². The molecule has 2 rings (SSSR count). The number of carboxylic acids is 1. The maximum atomic E-state index is 13.4. The molecule has 0 aromatic heterocycles. The summed E-state index contributed by atoms with van der Waals surface area (Å²) in [4.78, 5) is 11.2. The Kier molecular flexibility index (Phi) is 4.34. The second kappa shape index (κ2) is 5.87. The van der Waals surface area contributed by atoms with E-state index in [0.29, 0.717) is 0 Å². The van der Waals surface area contributed by atoms with Crippen molar-refractivity contribution in [3.63, 3.8) is 0 Å². The standard InChI is InChI=1S/C13H8BrClF2N2O2/c14-6-3-5(16)4-7(15)12(6)19-9-2-1-8(17)11(18)10(9)13(20)21/h1-4,19H,18H2,(H,20,21). The molecule has 0 unspecified atom stereocenters. The second-order valence-electron chi connectivity index (χ2n) is 4.06. The molecule has 4 N–H and O–H groups in total. The number of benzene rings is 2. The highest BCUT2D eigenvalue weighted by atomic mass is 79.9. The number of carboxylic acid groups (broad SMARTS) is 1. The van der Waals surface area contributed by atoms with Crippen LogP contribution in [0, 0.1) is 11.6 Å². The first kappa shape index (κ1) is 15.5. The van der Waals surface area contributed by atoms with Crippen molar-refractivity contribution < 1.29 is 18.7 Å². The molecule has 2 aromatic carbocycles. The van der Waals surface area contributed by atoms with Crippen molar-refractivity contribution in [1.82, 2.24) is 0 Å². The zero-order valence-corrected chi connectivity index (χ0v) is 12.6. The van der Waals surface area contributed by atoms with Crippen LogP contribution >= 0.6 is 27.5 Å². The molecule has 0 aliphatic heterocycles. The van der Waals surface area contributed by atoms with Gasteiger partial charge in [-0.15, -0.1) is 0 Å². The van der Waals surface area contributed by atoms with Gasteiger partial charge in [0.1, 0.15) is 17.2 Å². The fraction of sp³-hybridized carbons (Fsp3) is 0. The lowest BCUT2D eigenvalue weighted by Crippen LogP contribution is -2.09. The van der Waals surface area contributed by atoms with Crippen molar-refractivity contribution >= 4 is 50.6 Å². The average molecular weight is 378 g/mol. The highest BCUT2D eigenvalue weighted by molar-refractivity contribution is 9.10. The quantitative estimate of drug-likeness (QED) is 0.693. The number of anilines is 3. The summed E-state index contributed by atoms with van der Waals surface area (Å²) in [6.45, 7) is 0. The number of carbonyl (C=O) groups is 1. The fourth-order valence-electron chi connectivity index (χ4n) is 1.72. The van der Waals surface area contributed by atoms with Gasteiger partial charge in [-0.25, -0.2) is 13.6 Å². The third-order valence-corrected chi connectivity index (χ3v) is 3.60. The van der Waals surface area contributed by atoms with Gasteiger partial charge < -0.3 is 16.2 Å². The molecule has 0 saturated heterocycles. The third-order valence-electron chi connectivity index (χ3n) is 2.67. The SMILES string of the molecule is Nc1c(F)ccc(Nc2c(Cl)cc(F)cc2Br)c1C(=O)O. The van der Waals surface area contributed by atoms with Gasteiger partial charge >= 0.3 is 5.97 Å². The number of nitrogen functional groups attached to an aromatic ring is 1. The van der Waals surface area contributed by atoms with Crippen molar-refractivity contribution in [3.8, 4) is 0 Å². The molecule has 0 spiro atoms. The Morgan fingerprint density at radius 1 is 1.33 bits per heavy atom. The molecule has 0 fully saturated rings. The van der Waals surface area contributed by atoms with Gasteiger partial charge in [0, 0.05) is 4.47 Å². The number of hydrogen-bond donors (Lipinski definition) is 3. The number of hydrogen-bond acceptors (Lipinski definition) is 3. The first-order valence-corrected chi connectivity index (χ1v) is 6.71. The lowest BCUT2D eigenvalue weighted by molar-refractivity contribution is 0.0698. The minimum absolute atomic E-state index is 0.0288. The van der Waals surface area contributed by atoms with Gasteiger partial charge in [-0.2, -0.15) is 0 Å². The van der Waals surface area contributed by atoms with E-state index < -0.39 is 28.9 Å². The van der Waals surface area contributed by atoms with Gasteiger partial charge in [0.2, 0.25) is 0 Å². The Labute approximate surface area is 131 Å². The summed E-state index contributed by atoms with van der Waals surface area (Å²) in [5.41, 5.74) is 4.79. The molecule has 0 amide bonds. The van der Waals surface area contributed by atoms with Crippen LogP contribution in [0.2, 0.25) is 5.02 Å². The normalized spacial score (nSPS) is 10.5. The summed E-state index contributed by atoms with van der Waals surface area (Å²) in [7, 11) is 0. The predicted molar refractivity (Wildman–Crippen MR) is 80.2 cm³/mol. The number of halogens is 4. The summed E-state index contributed by atoms with van der Waals surface area (Å²) < 4.78 is 26.8. The second-order valence-corrected chi connectivity index (χ2v) is 5.32. The highest BCUT2D eigenvalue weighted by Crippen LogP contribution is 2.36. The van der Waals surface area contributed by atoms with E-state index in [1.165, 1.54) is 6.07 Å². The molecule has 0 radical (unpaired) electrons. The first-order valence-electron chi connectivity index (χ1n) is 5.54. The molecule has 21 heavy (non-hydrogen) atoms. The molecular weight excluding hydrogens is 370 g/mol. The van der Waals surface area contributed by atoms with Crippen LogP contribution in [0.3, 0.4) is 0 Å². The van der Waals surface area contributed by atoms with Crippen molar-refractivity contribution in [2.45, 2.75) is 0 Å². The molecular formula is C13H8BrClF2N2O2. The molecule has 8 heteroatoms. The Balaban J connectivity index is 2.55. The van der Waals surface area contributed by atoms with E-state index in [-0.39, 0.29) is 20.9 Å². The maximum Gasteiger partial charge on any atom is 0.340 e. The van der Waals surface area contributed by atoms with Gasteiger partial charge in [0.25, 0.3) is 0 Å². The molecule has 0 aliphatic carbocycles. The van der Waals surface area contributed by atoms with Crippen LogP contribution in [0.5, 0.6) is 0 Å².